The molecule has 0 radical (unpaired) electrons. The van der Waals surface area contributed by atoms with Gasteiger partial charge in [-0.15, -0.1) is 0 Å². The highest BCUT2D eigenvalue weighted by Crippen LogP contribution is 2.25. The minimum Gasteiger partial charge on any atom is -0.493 e. The van der Waals surface area contributed by atoms with Crippen LogP contribution in [0.2, 0.25) is 0 Å². The van der Waals surface area contributed by atoms with E-state index in [4.69, 9.17) is 14.6 Å². The highest BCUT2D eigenvalue weighted by Gasteiger charge is 2.25. The van der Waals surface area contributed by atoms with Crippen LogP contribution in [-0.2, 0) is 0 Å². The molecule has 22 heavy (non-hydrogen) atoms. The van der Waals surface area contributed by atoms with E-state index in [1.165, 1.54) is 0 Å². The molecule has 0 aromatic heterocycles. The Kier molecular flexibility index (Phi) is 6.33. The number of benzene rings is 1. The summed E-state index contributed by atoms with van der Waals surface area (Å²) < 4.78 is 10.7. The van der Waals surface area contributed by atoms with Crippen molar-refractivity contribution < 1.29 is 19.4 Å². The molecule has 1 saturated heterocycles. The van der Waals surface area contributed by atoms with Crippen molar-refractivity contribution in [3.63, 3.8) is 0 Å². The quantitative estimate of drug-likeness (QED) is 0.788. The lowest BCUT2D eigenvalue weighted by molar-refractivity contribution is 0.126. The van der Waals surface area contributed by atoms with Gasteiger partial charge in [0.05, 0.1) is 7.11 Å². The van der Waals surface area contributed by atoms with E-state index in [2.05, 4.69) is 5.32 Å². The Balaban J connectivity index is 1.84. The largest absolute Gasteiger partial charge is 0.493 e. The summed E-state index contributed by atoms with van der Waals surface area (Å²) in [6.45, 7) is 0.916. The second-order valence-electron chi connectivity index (χ2n) is 5.28. The Morgan fingerprint density at radius 1 is 1.36 bits per heavy atom. The number of ether oxygens (including phenoxy) is 2. The van der Waals surface area contributed by atoms with Gasteiger partial charge < -0.3 is 24.8 Å². The monoisotopic (exact) mass is 308 g/mol. The molecule has 0 aliphatic carbocycles. The third kappa shape index (κ3) is 4.27. The Labute approximate surface area is 131 Å². The van der Waals surface area contributed by atoms with Crippen LogP contribution in [0.15, 0.2) is 24.3 Å². The summed E-state index contributed by atoms with van der Waals surface area (Å²) in [7, 11) is 1.58. The fourth-order valence-electron chi connectivity index (χ4n) is 2.73. The van der Waals surface area contributed by atoms with Gasteiger partial charge in [-0.1, -0.05) is 12.1 Å². The van der Waals surface area contributed by atoms with Crippen molar-refractivity contribution in [3.8, 4) is 11.5 Å². The number of aliphatic hydroxyl groups excluding tert-OH is 1. The van der Waals surface area contributed by atoms with Crippen molar-refractivity contribution in [2.75, 3.05) is 27.0 Å². The SMILES string of the molecule is COc1ccccc1OCNC(=O)N1CCCCC1CCO. The van der Waals surface area contributed by atoms with Gasteiger partial charge in [0.15, 0.2) is 18.2 Å². The van der Waals surface area contributed by atoms with E-state index in [0.29, 0.717) is 17.9 Å². The Bertz CT molecular complexity index is 479. The molecule has 1 aliphatic rings. The molecule has 1 atom stereocenters. The Hall–Kier alpha value is -1.95. The van der Waals surface area contributed by atoms with E-state index in [9.17, 15) is 4.79 Å². The fourth-order valence-corrected chi connectivity index (χ4v) is 2.73. The summed E-state index contributed by atoms with van der Waals surface area (Å²) >= 11 is 0. The lowest BCUT2D eigenvalue weighted by Crippen LogP contribution is -2.49. The number of hydrogen-bond donors (Lipinski definition) is 2. The average Bonchev–Trinajstić information content (AvgIpc) is 2.56. The number of nitrogens with one attached hydrogen (secondary N) is 1. The number of piperidine rings is 1. The van der Waals surface area contributed by atoms with E-state index in [0.717, 1.165) is 25.8 Å². The molecule has 2 N–H and O–H groups in total. The first kappa shape index (κ1) is 16.4. The molecule has 1 aromatic carbocycles. The van der Waals surface area contributed by atoms with Gasteiger partial charge in [-0.05, 0) is 37.8 Å². The first-order chi connectivity index (χ1) is 10.8. The molecule has 2 amide bonds. The molecular weight excluding hydrogens is 284 g/mol. The summed E-state index contributed by atoms with van der Waals surface area (Å²) in [5.41, 5.74) is 0. The zero-order valence-corrected chi connectivity index (χ0v) is 13.0. The number of likely N-dealkylation sites (tertiary alicyclic amines) is 1. The van der Waals surface area contributed by atoms with Crippen LogP contribution >= 0.6 is 0 Å². The van der Waals surface area contributed by atoms with E-state index >= 15 is 0 Å². The predicted octanol–water partition coefficient (Wildman–Crippen LogP) is 1.98. The summed E-state index contributed by atoms with van der Waals surface area (Å²) in [6, 6.07) is 7.27. The van der Waals surface area contributed by atoms with Crippen LogP contribution in [0.5, 0.6) is 11.5 Å². The van der Waals surface area contributed by atoms with Gasteiger partial charge in [-0.2, -0.15) is 0 Å². The lowest BCUT2D eigenvalue weighted by Gasteiger charge is -2.35. The molecule has 1 fully saturated rings. The van der Waals surface area contributed by atoms with Gasteiger partial charge in [0.2, 0.25) is 0 Å². The van der Waals surface area contributed by atoms with Crippen molar-refractivity contribution in [1.82, 2.24) is 10.2 Å². The summed E-state index contributed by atoms with van der Waals surface area (Å²) in [5.74, 6) is 1.23. The summed E-state index contributed by atoms with van der Waals surface area (Å²) in [4.78, 5) is 14.0. The smallest absolute Gasteiger partial charge is 0.320 e. The molecule has 1 aliphatic heterocycles. The van der Waals surface area contributed by atoms with Crippen molar-refractivity contribution in [2.45, 2.75) is 31.7 Å². The van der Waals surface area contributed by atoms with E-state index in [1.54, 1.807) is 24.1 Å². The highest BCUT2D eigenvalue weighted by molar-refractivity contribution is 5.74. The van der Waals surface area contributed by atoms with Crippen molar-refractivity contribution in [1.29, 1.82) is 0 Å². The maximum atomic E-state index is 12.2. The molecule has 0 saturated carbocycles. The molecule has 1 heterocycles. The van der Waals surface area contributed by atoms with Crippen molar-refractivity contribution in [2.24, 2.45) is 0 Å². The first-order valence-corrected chi connectivity index (χ1v) is 7.67. The van der Waals surface area contributed by atoms with Crippen LogP contribution in [0.25, 0.3) is 0 Å². The third-order valence-corrected chi connectivity index (χ3v) is 3.87. The van der Waals surface area contributed by atoms with Crippen LogP contribution in [0.3, 0.4) is 0 Å². The number of amides is 2. The zero-order valence-electron chi connectivity index (χ0n) is 13.0. The molecule has 1 aromatic rings. The topological polar surface area (TPSA) is 71.0 Å². The zero-order chi connectivity index (χ0) is 15.8. The molecular formula is C16H24N2O4. The Morgan fingerprint density at radius 2 is 2.14 bits per heavy atom. The molecule has 6 nitrogen and oxygen atoms in total. The fraction of sp³-hybridized carbons (Fsp3) is 0.562. The number of carbonyl (C=O) groups is 1. The van der Waals surface area contributed by atoms with Crippen LogP contribution in [0.1, 0.15) is 25.7 Å². The average molecular weight is 308 g/mol. The van der Waals surface area contributed by atoms with Crippen molar-refractivity contribution in [3.05, 3.63) is 24.3 Å². The Morgan fingerprint density at radius 3 is 2.86 bits per heavy atom. The second kappa shape index (κ2) is 8.48. The highest BCUT2D eigenvalue weighted by atomic mass is 16.5. The van der Waals surface area contributed by atoms with Gasteiger partial charge in [0.25, 0.3) is 0 Å². The maximum Gasteiger partial charge on any atom is 0.320 e. The van der Waals surface area contributed by atoms with Gasteiger partial charge in [-0.3, -0.25) is 0 Å². The third-order valence-electron chi connectivity index (χ3n) is 3.87. The number of rotatable bonds is 6. The minimum absolute atomic E-state index is 0.0849. The van der Waals surface area contributed by atoms with E-state index < -0.39 is 0 Å². The number of urea groups is 1. The first-order valence-electron chi connectivity index (χ1n) is 7.67. The number of aliphatic hydroxyl groups is 1. The van der Waals surface area contributed by atoms with E-state index in [-0.39, 0.29) is 25.4 Å². The summed E-state index contributed by atoms with van der Waals surface area (Å²) in [6.07, 6.45) is 3.68. The second-order valence-corrected chi connectivity index (χ2v) is 5.28. The lowest BCUT2D eigenvalue weighted by atomic mass is 10.0. The molecule has 2 rings (SSSR count). The van der Waals surface area contributed by atoms with Crippen molar-refractivity contribution >= 4 is 6.03 Å². The number of carbonyl (C=O) groups excluding carboxylic acids is 1. The van der Waals surface area contributed by atoms with E-state index in [1.807, 2.05) is 12.1 Å². The minimum atomic E-state index is -0.145. The van der Waals surface area contributed by atoms with Gasteiger partial charge in [-0.25, -0.2) is 4.79 Å². The molecule has 0 spiro atoms. The van der Waals surface area contributed by atoms with Crippen LogP contribution < -0.4 is 14.8 Å². The molecule has 6 heteroatoms. The van der Waals surface area contributed by atoms with Gasteiger partial charge >= 0.3 is 6.03 Å². The number of para-hydroxylation sites is 2. The van der Waals surface area contributed by atoms with Crippen LogP contribution in [-0.4, -0.2) is 49.1 Å². The predicted molar refractivity (Wildman–Crippen MR) is 83.1 cm³/mol. The molecule has 1 unspecified atom stereocenters. The molecule has 122 valence electrons. The normalized spacial score (nSPS) is 17.9. The van der Waals surface area contributed by atoms with Gasteiger partial charge in [0.1, 0.15) is 0 Å². The molecule has 0 bridgehead atoms. The number of methoxy groups -OCH3 is 1. The maximum absolute atomic E-state index is 12.2. The standard InChI is InChI=1S/C16H24N2O4/c1-21-14-7-2-3-8-15(14)22-12-17-16(20)18-10-5-4-6-13(18)9-11-19/h2-3,7-8,13,19H,4-6,9-12H2,1H3,(H,17,20). The number of nitrogens with zero attached hydrogens (tertiary/aromatic N) is 1. The van der Waals surface area contributed by atoms with Crippen LogP contribution in [0.4, 0.5) is 4.79 Å². The van der Waals surface area contributed by atoms with Crippen LogP contribution in [0, 0.1) is 0 Å². The van der Waals surface area contributed by atoms with Gasteiger partial charge in [0, 0.05) is 19.2 Å². The number of hydrogen-bond acceptors (Lipinski definition) is 4. The summed E-state index contributed by atoms with van der Waals surface area (Å²) in [5, 5.41) is 11.9.